The van der Waals surface area contributed by atoms with Gasteiger partial charge >= 0.3 is 18.0 Å². The Bertz CT molecular complexity index is 692. The molecule has 25 heavy (non-hydrogen) atoms. The van der Waals surface area contributed by atoms with Crippen molar-refractivity contribution in [1.29, 1.82) is 0 Å². The molecule has 2 N–H and O–H groups in total. The fourth-order valence-electron chi connectivity index (χ4n) is 1.50. The lowest BCUT2D eigenvalue weighted by atomic mass is 10.1. The Hall–Kier alpha value is -2.53. The minimum absolute atomic E-state index is 0.0422. The predicted octanol–water partition coefficient (Wildman–Crippen LogP) is 3.13. The first-order valence-corrected chi connectivity index (χ1v) is 6.37. The highest BCUT2D eigenvalue weighted by molar-refractivity contribution is 5.97. The van der Waals surface area contributed by atoms with E-state index in [4.69, 9.17) is 4.42 Å². The molecule has 1 rings (SSSR count). The van der Waals surface area contributed by atoms with E-state index in [1.54, 1.807) is 0 Å². The van der Waals surface area contributed by atoms with Crippen LogP contribution < -0.4 is 10.9 Å². The van der Waals surface area contributed by atoms with E-state index >= 15 is 0 Å². The number of hydrogen-bond acceptors (Lipinski definition) is 4. The van der Waals surface area contributed by atoms with E-state index in [1.165, 1.54) is 19.3 Å². The minimum atomic E-state index is -6.62. The molecule has 0 aliphatic rings. The van der Waals surface area contributed by atoms with Crippen LogP contribution in [0.1, 0.15) is 23.0 Å². The molecule has 0 aromatic carbocycles. The number of allylic oxidation sites excluding steroid dienone is 2. The summed E-state index contributed by atoms with van der Waals surface area (Å²) in [5, 5.41) is 0. The van der Waals surface area contributed by atoms with Crippen molar-refractivity contribution in [3.8, 4) is 0 Å². The first-order valence-electron chi connectivity index (χ1n) is 6.37. The van der Waals surface area contributed by atoms with Crippen LogP contribution in [0.5, 0.6) is 0 Å². The van der Waals surface area contributed by atoms with Crippen LogP contribution >= 0.6 is 0 Å². The Labute approximate surface area is 135 Å². The Morgan fingerprint density at radius 3 is 2.08 bits per heavy atom. The summed E-state index contributed by atoms with van der Waals surface area (Å²) < 4.78 is 92.5. The van der Waals surface area contributed by atoms with Gasteiger partial charge in [0.1, 0.15) is 5.76 Å². The third-order valence-electron chi connectivity index (χ3n) is 2.88. The van der Waals surface area contributed by atoms with Crippen LogP contribution in [-0.4, -0.2) is 29.7 Å². The van der Waals surface area contributed by atoms with Crippen molar-refractivity contribution in [3.05, 3.63) is 35.4 Å². The number of hydrogen-bond donors (Lipinski definition) is 2. The largest absolute Gasteiger partial charge is 0.469 e. The van der Waals surface area contributed by atoms with Crippen molar-refractivity contribution < 1.29 is 44.7 Å². The van der Waals surface area contributed by atoms with Crippen LogP contribution in [-0.2, 0) is 4.79 Å². The quantitative estimate of drug-likeness (QED) is 0.455. The molecule has 0 aliphatic carbocycles. The van der Waals surface area contributed by atoms with Crippen LogP contribution in [0.25, 0.3) is 0 Å². The molecule has 140 valence electrons. The molecular formula is C13H11F7N2O3. The summed E-state index contributed by atoms with van der Waals surface area (Å²) in [7, 11) is 0. The SMILES string of the molecule is CC(=CC(=O)C(F)(F)C(F)(F)C(F)(F)F)NNC(=O)c1ccoc1C. The van der Waals surface area contributed by atoms with Crippen molar-refractivity contribution in [3.63, 3.8) is 0 Å². The van der Waals surface area contributed by atoms with Gasteiger partial charge in [-0.3, -0.25) is 15.0 Å². The Balaban J connectivity index is 2.83. The van der Waals surface area contributed by atoms with Gasteiger partial charge in [-0.2, -0.15) is 30.7 Å². The molecule has 0 spiro atoms. The molecule has 0 radical (unpaired) electrons. The molecule has 12 heteroatoms. The molecule has 0 saturated carbocycles. The van der Waals surface area contributed by atoms with Crippen LogP contribution in [0.2, 0.25) is 0 Å². The summed E-state index contributed by atoms with van der Waals surface area (Å²) in [6.07, 6.45) is -5.62. The van der Waals surface area contributed by atoms with Crippen molar-refractivity contribution in [2.24, 2.45) is 0 Å². The van der Waals surface area contributed by atoms with E-state index in [1.807, 2.05) is 10.9 Å². The number of alkyl halides is 7. The second kappa shape index (κ2) is 6.76. The smallest absolute Gasteiger partial charge is 0.460 e. The standard InChI is InChI=1S/C13H11F7N2O3/c1-6(21-22-10(24)8-3-4-25-7(8)2)5-9(23)11(14,15)12(16,17)13(18,19)20/h3-5,21H,1-2H3,(H,22,24). The average Bonchev–Trinajstić information content (AvgIpc) is 2.89. The number of ketones is 1. The second-order valence-corrected chi connectivity index (χ2v) is 4.81. The van der Waals surface area contributed by atoms with Crippen molar-refractivity contribution in [2.45, 2.75) is 31.9 Å². The molecule has 0 aliphatic heterocycles. The van der Waals surface area contributed by atoms with Gasteiger partial charge in [-0.1, -0.05) is 0 Å². The van der Waals surface area contributed by atoms with E-state index in [0.29, 0.717) is 0 Å². The summed E-state index contributed by atoms with van der Waals surface area (Å²) in [6, 6.07) is 1.26. The molecule has 0 unspecified atom stereocenters. The van der Waals surface area contributed by atoms with E-state index in [0.717, 1.165) is 6.92 Å². The summed E-state index contributed by atoms with van der Waals surface area (Å²) in [5.41, 5.74) is 3.30. The number of carbonyl (C=O) groups is 2. The van der Waals surface area contributed by atoms with E-state index in [9.17, 15) is 40.3 Å². The number of amides is 1. The number of hydrazine groups is 1. The van der Waals surface area contributed by atoms with Gasteiger partial charge in [-0.25, -0.2) is 0 Å². The van der Waals surface area contributed by atoms with Crippen molar-refractivity contribution >= 4 is 11.7 Å². The number of nitrogens with one attached hydrogen (secondary N) is 2. The molecule has 5 nitrogen and oxygen atoms in total. The van der Waals surface area contributed by atoms with Gasteiger partial charge in [-0.15, -0.1) is 0 Å². The molecule has 0 saturated heterocycles. The molecule has 1 heterocycles. The molecular weight excluding hydrogens is 365 g/mol. The Kier molecular flexibility index (Phi) is 5.55. The second-order valence-electron chi connectivity index (χ2n) is 4.81. The zero-order valence-electron chi connectivity index (χ0n) is 12.6. The summed E-state index contributed by atoms with van der Waals surface area (Å²) in [5.74, 6) is -16.0. The van der Waals surface area contributed by atoms with Gasteiger partial charge in [0, 0.05) is 11.8 Å². The van der Waals surface area contributed by atoms with Crippen LogP contribution in [0.3, 0.4) is 0 Å². The topological polar surface area (TPSA) is 71.3 Å². The molecule has 1 amide bonds. The molecule has 1 aromatic heterocycles. The fourth-order valence-corrected chi connectivity index (χ4v) is 1.50. The predicted molar refractivity (Wildman–Crippen MR) is 68.8 cm³/mol. The van der Waals surface area contributed by atoms with Gasteiger partial charge in [0.2, 0.25) is 5.78 Å². The highest BCUT2D eigenvalue weighted by Gasteiger charge is 2.75. The fraction of sp³-hybridized carbons (Fsp3) is 0.385. The van der Waals surface area contributed by atoms with Crippen LogP contribution in [0.15, 0.2) is 28.5 Å². The summed E-state index contributed by atoms with van der Waals surface area (Å²) in [4.78, 5) is 22.8. The van der Waals surface area contributed by atoms with Gasteiger partial charge in [-0.05, 0) is 19.9 Å². The van der Waals surface area contributed by atoms with Crippen LogP contribution in [0, 0.1) is 6.92 Å². The summed E-state index contributed by atoms with van der Waals surface area (Å²) in [6.45, 7) is 2.32. The Morgan fingerprint density at radius 1 is 1.08 bits per heavy atom. The van der Waals surface area contributed by atoms with Gasteiger partial charge in [0.25, 0.3) is 5.91 Å². The van der Waals surface area contributed by atoms with Crippen molar-refractivity contribution in [2.75, 3.05) is 0 Å². The normalized spacial score (nSPS) is 13.6. The van der Waals surface area contributed by atoms with E-state index in [-0.39, 0.29) is 17.4 Å². The lowest BCUT2D eigenvalue weighted by molar-refractivity contribution is -0.342. The van der Waals surface area contributed by atoms with E-state index < -0.39 is 35.4 Å². The van der Waals surface area contributed by atoms with Gasteiger partial charge in [0.15, 0.2) is 0 Å². The molecule has 1 aromatic rings. The lowest BCUT2D eigenvalue weighted by Gasteiger charge is -2.26. The molecule has 0 fully saturated rings. The van der Waals surface area contributed by atoms with Crippen molar-refractivity contribution in [1.82, 2.24) is 10.9 Å². The summed E-state index contributed by atoms with van der Waals surface area (Å²) >= 11 is 0. The lowest BCUT2D eigenvalue weighted by Crippen LogP contribution is -2.55. The number of rotatable bonds is 6. The Morgan fingerprint density at radius 2 is 1.64 bits per heavy atom. The maximum atomic E-state index is 13.1. The zero-order chi connectivity index (χ0) is 19.6. The minimum Gasteiger partial charge on any atom is -0.469 e. The monoisotopic (exact) mass is 376 g/mol. The number of furan rings is 1. The number of halogens is 7. The maximum absolute atomic E-state index is 13.1. The third kappa shape index (κ3) is 4.12. The van der Waals surface area contributed by atoms with Crippen LogP contribution in [0.4, 0.5) is 30.7 Å². The van der Waals surface area contributed by atoms with E-state index in [2.05, 4.69) is 0 Å². The molecule has 0 bridgehead atoms. The highest BCUT2D eigenvalue weighted by atomic mass is 19.4. The van der Waals surface area contributed by atoms with Gasteiger partial charge < -0.3 is 9.84 Å². The third-order valence-corrected chi connectivity index (χ3v) is 2.88. The number of carbonyl (C=O) groups excluding carboxylic acids is 2. The molecule has 0 atom stereocenters. The first kappa shape index (κ1) is 20.5. The maximum Gasteiger partial charge on any atom is 0.460 e. The zero-order valence-corrected chi connectivity index (χ0v) is 12.6. The number of aryl methyl sites for hydroxylation is 1. The first-order chi connectivity index (χ1) is 11.2. The van der Waals surface area contributed by atoms with Gasteiger partial charge in [0.05, 0.1) is 11.8 Å². The average molecular weight is 376 g/mol. The highest BCUT2D eigenvalue weighted by Crippen LogP contribution is 2.47.